The second-order valence-corrected chi connectivity index (χ2v) is 13.3. The van der Waals surface area contributed by atoms with E-state index >= 15 is 0 Å². The summed E-state index contributed by atoms with van der Waals surface area (Å²) >= 11 is 6.87. The Morgan fingerprint density at radius 2 is 1.32 bits per heavy atom. The highest BCUT2D eigenvalue weighted by molar-refractivity contribution is 15.0. The summed E-state index contributed by atoms with van der Waals surface area (Å²) in [6.45, 7) is 15.3. The zero-order valence-electron chi connectivity index (χ0n) is 30.6. The molecule has 318 valence electrons. The zero-order chi connectivity index (χ0) is 42.3. The van der Waals surface area contributed by atoms with Gasteiger partial charge in [0.15, 0.2) is 0 Å². The molecule has 2 unspecified atom stereocenters. The molecular formula is C33H47I5N4O13S. The summed E-state index contributed by atoms with van der Waals surface area (Å²) in [4.78, 5) is 71.6. The summed E-state index contributed by atoms with van der Waals surface area (Å²) in [6.07, 6.45) is 13.8. The van der Waals surface area contributed by atoms with E-state index in [0.717, 1.165) is 77.0 Å². The van der Waals surface area contributed by atoms with Crippen molar-refractivity contribution < 1.29 is 61.6 Å². The molecule has 2 aliphatic heterocycles. The Kier molecular flexibility index (Phi) is 38.6. The van der Waals surface area contributed by atoms with E-state index in [0.29, 0.717) is 25.2 Å². The number of aliphatic carboxylic acids is 2. The van der Waals surface area contributed by atoms with Crippen molar-refractivity contribution in [3.8, 4) is 6.07 Å². The second kappa shape index (κ2) is 36.2. The van der Waals surface area contributed by atoms with Crippen LogP contribution in [0.5, 0.6) is 0 Å². The van der Waals surface area contributed by atoms with Gasteiger partial charge in [-0.15, -0.1) is 24.0 Å². The van der Waals surface area contributed by atoms with Crippen molar-refractivity contribution >= 4 is 145 Å². The van der Waals surface area contributed by atoms with Gasteiger partial charge in [0.25, 0.3) is 0 Å². The van der Waals surface area contributed by atoms with Crippen LogP contribution in [0.3, 0.4) is 0 Å². The Balaban J connectivity index is -0.000000646. The summed E-state index contributed by atoms with van der Waals surface area (Å²) in [7, 11) is 0. The number of imide groups is 1. The van der Waals surface area contributed by atoms with Crippen LogP contribution in [0.25, 0.3) is 9.69 Å². The maximum Gasteiger partial charge on any atom is 0.387 e. The molecule has 56 heavy (non-hydrogen) atoms. The molecule has 0 aromatic rings. The van der Waals surface area contributed by atoms with Crippen LogP contribution >= 0.6 is 98.4 Å². The first-order valence-corrected chi connectivity index (χ1v) is 30.6. The minimum atomic E-state index is -1.61. The van der Waals surface area contributed by atoms with Crippen molar-refractivity contribution in [3.63, 3.8) is 0 Å². The minimum Gasteiger partial charge on any atom is -0.481 e. The van der Waals surface area contributed by atoms with E-state index < -0.39 is 63.9 Å². The highest BCUT2D eigenvalue weighted by atomic mass is 128. The lowest BCUT2D eigenvalue weighted by atomic mass is 9.60. The lowest BCUT2D eigenvalue weighted by Crippen LogP contribution is -2.60. The number of nitrogens with zero attached hydrogens (tertiary/aromatic N) is 3. The topological polar surface area (TPSA) is 241 Å². The number of piperidine rings is 1. The van der Waals surface area contributed by atoms with Gasteiger partial charge >= 0.3 is 47.8 Å². The summed E-state index contributed by atoms with van der Waals surface area (Å²) in [5.74, 6) is -3.66. The Morgan fingerprint density at radius 3 is 1.64 bits per heavy atom. The molecule has 0 bridgehead atoms. The van der Waals surface area contributed by atoms with E-state index in [1.165, 1.54) is 6.42 Å². The molecule has 1 spiro atoms. The number of halogens is 5. The first-order chi connectivity index (χ1) is 26.3. The number of carboxylic acids is 2. The number of amides is 2. The molecule has 2 heterocycles. The van der Waals surface area contributed by atoms with Crippen molar-refractivity contribution in [2.45, 2.75) is 122 Å². The average Bonchev–Trinajstić information content (AvgIpc) is 3.14. The Hall–Kier alpha value is -0.630. The van der Waals surface area contributed by atoms with Crippen LogP contribution < -0.4 is 5.32 Å². The number of carboxylic acid groups (broad SMARTS) is 2. The number of nitrogens with one attached hydrogen (secondary N) is 1. The molecule has 23 heteroatoms. The molecule has 3 N–H and O–H groups in total. The highest BCUT2D eigenvalue weighted by Gasteiger charge is 2.60. The average molecular weight is 1370 g/mol. The first-order valence-electron chi connectivity index (χ1n) is 17.1. The minimum absolute atomic E-state index is 0. The van der Waals surface area contributed by atoms with Gasteiger partial charge in [0.1, 0.15) is 11.7 Å². The van der Waals surface area contributed by atoms with Crippen LogP contribution in [0.15, 0.2) is 0 Å². The van der Waals surface area contributed by atoms with Crippen molar-refractivity contribution in [1.82, 2.24) is 5.32 Å². The largest absolute Gasteiger partial charge is 0.481 e. The normalized spacial score (nSPS) is 21.0. The zero-order valence-corrected chi connectivity index (χ0v) is 42.4. The summed E-state index contributed by atoms with van der Waals surface area (Å²) < 4.78 is 21.2. The Morgan fingerprint density at radius 1 is 0.875 bits per heavy atom. The predicted molar refractivity (Wildman–Crippen MR) is 247 cm³/mol. The molecule has 3 saturated carbocycles. The van der Waals surface area contributed by atoms with Gasteiger partial charge in [-0.1, -0.05) is 53.6 Å². The molecule has 3 aliphatic carbocycles. The van der Waals surface area contributed by atoms with Crippen LogP contribution in [0.1, 0.15) is 116 Å². The van der Waals surface area contributed by atoms with E-state index in [-0.39, 0.29) is 43.4 Å². The third kappa shape index (κ3) is 24.5. The van der Waals surface area contributed by atoms with Crippen molar-refractivity contribution in [2.24, 2.45) is 16.7 Å². The SMILES string of the molecule is I.II.II.O=C(O)CC1(CC(=O)O)CCCCC1.O=C1CCCCC1.O=S1OOO1.[C-]#[N+]C1C(=O)NC(=O)C(C#N)C12CCCCC2.[C-]#[N+]CC(=O)OCC. The third-order valence-electron chi connectivity index (χ3n) is 8.98. The van der Waals surface area contributed by atoms with Gasteiger partial charge in [-0.2, -0.15) is 9.47 Å². The number of nitriles is 1. The summed E-state index contributed by atoms with van der Waals surface area (Å²) in [5, 5.41) is 32.3. The maximum absolute atomic E-state index is 11.7. The van der Waals surface area contributed by atoms with Gasteiger partial charge in [-0.25, -0.2) is 17.9 Å². The molecule has 0 aromatic heterocycles. The fourth-order valence-electron chi connectivity index (χ4n) is 6.72. The van der Waals surface area contributed by atoms with E-state index in [1.807, 2.05) is 6.07 Å². The third-order valence-corrected chi connectivity index (χ3v) is 9.31. The van der Waals surface area contributed by atoms with E-state index in [9.17, 15) is 33.0 Å². The number of ether oxygens (including phenoxy) is 1. The second-order valence-electron chi connectivity index (χ2n) is 12.6. The van der Waals surface area contributed by atoms with Gasteiger partial charge < -0.3 is 24.6 Å². The lowest BCUT2D eigenvalue weighted by Gasteiger charge is -2.41. The summed E-state index contributed by atoms with van der Waals surface area (Å²) in [5.41, 5.74) is -1.22. The lowest BCUT2D eigenvalue weighted by molar-refractivity contribution is -0.469. The van der Waals surface area contributed by atoms with Crippen LogP contribution in [0.2, 0.25) is 0 Å². The van der Waals surface area contributed by atoms with Gasteiger partial charge in [-0.3, -0.25) is 29.3 Å². The molecule has 5 aliphatic rings. The standard InChI is InChI=1S/C12H13N3O2.C10H16O4.C6H10O.C5H7NO2.2I2.HI.O4S/c1-14-9-11(17)15-10(16)8(7-13)12(9)5-3-2-4-6-12;11-8(12)6-10(7-9(13)14)4-2-1-3-5-10;7-6-4-2-1-3-5-6;1-3-8-5(7)4-6-2;2*1-2;;1-5-3-2-4-5/h8-9H,2-6H2,(H,15,16,17);1-7H2,(H,11,12)(H,13,14);1-5H2;3-4H2,1H3;;;1H;. The molecule has 2 amide bonds. The Labute approximate surface area is 393 Å². The van der Waals surface area contributed by atoms with Crippen LogP contribution in [-0.4, -0.2) is 69.1 Å². The van der Waals surface area contributed by atoms with Gasteiger partial charge in [0.05, 0.1) is 30.9 Å². The number of hydrogen-bond donors (Lipinski definition) is 3. The van der Waals surface area contributed by atoms with Gasteiger partial charge in [-0.05, 0) is 55.9 Å². The number of hydrogen-bond acceptors (Lipinski definition) is 12. The molecule has 5 rings (SSSR count). The van der Waals surface area contributed by atoms with E-state index in [2.05, 4.69) is 108 Å². The molecule has 2 atom stereocenters. The maximum atomic E-state index is 11.7. The first kappa shape index (κ1) is 59.7. The quantitative estimate of drug-likeness (QED) is 0.0743. The highest BCUT2D eigenvalue weighted by Crippen LogP contribution is 2.48. The smallest absolute Gasteiger partial charge is 0.387 e. The number of carbonyl (C=O) groups excluding carboxylic acids is 4. The number of esters is 1. The molecule has 17 nitrogen and oxygen atoms in total. The molecule has 5 fully saturated rings. The monoisotopic (exact) mass is 1370 g/mol. The number of ketones is 1. The van der Waals surface area contributed by atoms with Crippen molar-refractivity contribution in [2.75, 3.05) is 13.2 Å². The van der Waals surface area contributed by atoms with Crippen LogP contribution in [0, 0.1) is 41.2 Å². The fourth-order valence-corrected chi connectivity index (χ4v) is 6.82. The van der Waals surface area contributed by atoms with Crippen molar-refractivity contribution in [3.05, 3.63) is 22.8 Å². The van der Waals surface area contributed by atoms with Crippen LogP contribution in [0.4, 0.5) is 0 Å². The number of rotatable bonds is 6. The van der Waals surface area contributed by atoms with Gasteiger partial charge in [0, 0.05) is 87.3 Å². The number of Topliss-reactive ketones (excluding diaryl/α,β-unsaturated/α-hetero) is 1. The van der Waals surface area contributed by atoms with Crippen LogP contribution in [-0.2, 0) is 58.6 Å². The van der Waals surface area contributed by atoms with Crippen molar-refractivity contribution in [1.29, 1.82) is 5.26 Å². The molecule has 0 aromatic carbocycles. The molecule has 2 saturated heterocycles. The van der Waals surface area contributed by atoms with E-state index in [1.54, 1.807) is 6.92 Å². The van der Waals surface area contributed by atoms with Gasteiger partial charge in [0.2, 0.25) is 5.91 Å². The fraction of sp³-hybridized carbons (Fsp3) is 0.727. The predicted octanol–water partition coefficient (Wildman–Crippen LogP) is 8.51. The Bertz CT molecular complexity index is 1310. The molecule has 0 radical (unpaired) electrons. The number of carbonyl (C=O) groups is 6. The molecular weight excluding hydrogens is 1330 g/mol. The van der Waals surface area contributed by atoms with E-state index in [4.69, 9.17) is 28.6 Å². The summed E-state index contributed by atoms with van der Waals surface area (Å²) in [6, 6.07) is 1.11.